The van der Waals surface area contributed by atoms with E-state index in [4.69, 9.17) is 0 Å². The van der Waals surface area contributed by atoms with Crippen LogP contribution >= 0.6 is 0 Å². The highest BCUT2D eigenvalue weighted by molar-refractivity contribution is 7.90. The van der Waals surface area contributed by atoms with Crippen molar-refractivity contribution < 1.29 is 8.42 Å². The smallest absolute Gasteiger partial charge is 0.175 e. The second kappa shape index (κ2) is 7.81. The number of nitriles is 1. The Bertz CT molecular complexity index is 1480. The molecule has 0 saturated heterocycles. The summed E-state index contributed by atoms with van der Waals surface area (Å²) in [6.07, 6.45) is 4.28. The molecule has 0 unspecified atom stereocenters. The van der Waals surface area contributed by atoms with Gasteiger partial charge in [-0.05, 0) is 72.9 Å². The number of anilines is 1. The summed E-state index contributed by atoms with van der Waals surface area (Å²) in [5.41, 5.74) is 6.50. The molecule has 7 heteroatoms. The van der Waals surface area contributed by atoms with Crippen LogP contribution in [0.1, 0.15) is 35.6 Å². The zero-order chi connectivity index (χ0) is 22.3. The maximum absolute atomic E-state index is 12.0. The third-order valence-electron chi connectivity index (χ3n) is 6.03. The molecule has 2 N–H and O–H groups in total. The lowest BCUT2D eigenvalue weighted by Gasteiger charge is -2.27. The van der Waals surface area contributed by atoms with Crippen LogP contribution in [0.5, 0.6) is 0 Å². The molecule has 1 atom stereocenters. The fourth-order valence-corrected chi connectivity index (χ4v) is 5.10. The van der Waals surface area contributed by atoms with E-state index in [-0.39, 0.29) is 10.9 Å². The molecule has 1 aliphatic carbocycles. The molecular formula is C25H22N4O2S. The van der Waals surface area contributed by atoms with E-state index in [2.05, 4.69) is 33.7 Å². The highest BCUT2D eigenvalue weighted by atomic mass is 32.2. The highest BCUT2D eigenvalue weighted by Gasteiger charge is 2.21. The summed E-state index contributed by atoms with van der Waals surface area (Å²) >= 11 is 0. The number of H-pyrrole nitrogens is 1. The second-order valence-corrected chi connectivity index (χ2v) is 10.3. The Morgan fingerprint density at radius 1 is 1.12 bits per heavy atom. The lowest BCUT2D eigenvalue weighted by Crippen LogP contribution is -2.17. The number of aromatic amines is 1. The SMILES string of the molecule is CS(=O)(=O)c1cccc(-c2n[nH]c3ccc(N[C@H]4CCCc5cc(C#N)ccc54)cc23)c1. The van der Waals surface area contributed by atoms with Crippen LogP contribution in [0.2, 0.25) is 0 Å². The van der Waals surface area contributed by atoms with Gasteiger partial charge in [0, 0.05) is 22.9 Å². The zero-order valence-electron chi connectivity index (χ0n) is 17.6. The Labute approximate surface area is 186 Å². The summed E-state index contributed by atoms with van der Waals surface area (Å²) in [5.74, 6) is 0. The van der Waals surface area contributed by atoms with E-state index >= 15 is 0 Å². The van der Waals surface area contributed by atoms with Crippen LogP contribution in [0.25, 0.3) is 22.2 Å². The van der Waals surface area contributed by atoms with Gasteiger partial charge in [0.25, 0.3) is 0 Å². The Morgan fingerprint density at radius 2 is 2.00 bits per heavy atom. The van der Waals surface area contributed by atoms with Crippen LogP contribution in [0.4, 0.5) is 5.69 Å². The van der Waals surface area contributed by atoms with Gasteiger partial charge >= 0.3 is 0 Å². The first-order valence-electron chi connectivity index (χ1n) is 10.5. The topological polar surface area (TPSA) is 98.6 Å². The van der Waals surface area contributed by atoms with Crippen LogP contribution < -0.4 is 5.32 Å². The van der Waals surface area contributed by atoms with Gasteiger partial charge in [-0.1, -0.05) is 18.2 Å². The van der Waals surface area contributed by atoms with Crippen LogP contribution in [0, 0.1) is 11.3 Å². The quantitative estimate of drug-likeness (QED) is 0.464. The van der Waals surface area contributed by atoms with Crippen molar-refractivity contribution in [2.24, 2.45) is 0 Å². The predicted molar refractivity (Wildman–Crippen MR) is 125 cm³/mol. The van der Waals surface area contributed by atoms with Crippen LogP contribution in [-0.2, 0) is 16.3 Å². The van der Waals surface area contributed by atoms with E-state index in [0.29, 0.717) is 5.56 Å². The van der Waals surface area contributed by atoms with Crippen molar-refractivity contribution in [1.29, 1.82) is 5.26 Å². The van der Waals surface area contributed by atoms with E-state index < -0.39 is 9.84 Å². The summed E-state index contributed by atoms with van der Waals surface area (Å²) in [7, 11) is -3.30. The van der Waals surface area contributed by atoms with Crippen LogP contribution in [0.3, 0.4) is 0 Å². The molecule has 160 valence electrons. The highest BCUT2D eigenvalue weighted by Crippen LogP contribution is 2.35. The van der Waals surface area contributed by atoms with Crippen molar-refractivity contribution in [3.63, 3.8) is 0 Å². The minimum Gasteiger partial charge on any atom is -0.378 e. The van der Waals surface area contributed by atoms with E-state index in [9.17, 15) is 13.7 Å². The van der Waals surface area contributed by atoms with Gasteiger partial charge in [0.1, 0.15) is 5.69 Å². The maximum Gasteiger partial charge on any atom is 0.175 e. The minimum absolute atomic E-state index is 0.174. The van der Waals surface area contributed by atoms with E-state index in [1.54, 1.807) is 18.2 Å². The fraction of sp³-hybridized carbons (Fsp3) is 0.200. The van der Waals surface area contributed by atoms with E-state index in [1.165, 1.54) is 17.4 Å². The normalized spacial score (nSPS) is 15.8. The summed E-state index contributed by atoms with van der Waals surface area (Å²) in [5, 5.41) is 21.3. The Morgan fingerprint density at radius 3 is 2.81 bits per heavy atom. The minimum atomic E-state index is -3.30. The Kier molecular flexibility index (Phi) is 4.95. The van der Waals surface area contributed by atoms with Gasteiger partial charge in [-0.15, -0.1) is 0 Å². The second-order valence-electron chi connectivity index (χ2n) is 8.25. The van der Waals surface area contributed by atoms with Gasteiger partial charge in [-0.3, -0.25) is 5.10 Å². The number of hydrogen-bond donors (Lipinski definition) is 2. The molecule has 1 aliphatic rings. The van der Waals surface area contributed by atoms with Crippen LogP contribution in [-0.4, -0.2) is 24.9 Å². The Hall–Kier alpha value is -3.63. The lowest BCUT2D eigenvalue weighted by molar-refractivity contribution is 0.600. The number of nitrogens with zero attached hydrogens (tertiary/aromatic N) is 2. The molecule has 0 saturated carbocycles. The molecular weight excluding hydrogens is 420 g/mol. The lowest BCUT2D eigenvalue weighted by atomic mass is 9.86. The largest absolute Gasteiger partial charge is 0.378 e. The molecule has 0 fully saturated rings. The number of fused-ring (bicyclic) bond motifs is 2. The third-order valence-corrected chi connectivity index (χ3v) is 7.14. The number of rotatable bonds is 4. The standard InChI is InChI=1S/C25H22N4O2S/c1-32(30,31)20-6-2-5-18(13-20)25-22-14-19(9-11-24(22)28-29-25)27-23-7-3-4-17-12-16(15-26)8-10-21(17)23/h2,5-6,8-14,23,27H,3-4,7H2,1H3,(H,28,29)/t23-/m0/s1. The van der Waals surface area contributed by atoms with Crippen molar-refractivity contribution in [2.75, 3.05) is 11.6 Å². The molecule has 0 aliphatic heterocycles. The van der Waals surface area contributed by atoms with Crippen molar-refractivity contribution in [2.45, 2.75) is 30.2 Å². The maximum atomic E-state index is 12.0. The van der Waals surface area contributed by atoms with E-state index in [0.717, 1.165) is 47.1 Å². The Balaban J connectivity index is 1.50. The van der Waals surface area contributed by atoms with Crippen molar-refractivity contribution >= 4 is 26.4 Å². The molecule has 1 heterocycles. The van der Waals surface area contributed by atoms with Gasteiger partial charge in [-0.25, -0.2) is 8.42 Å². The molecule has 32 heavy (non-hydrogen) atoms. The van der Waals surface area contributed by atoms with Crippen molar-refractivity contribution in [1.82, 2.24) is 10.2 Å². The number of aryl methyl sites for hydroxylation is 1. The average molecular weight is 443 g/mol. The third kappa shape index (κ3) is 3.74. The summed E-state index contributed by atoms with van der Waals surface area (Å²) in [6.45, 7) is 0. The molecule has 4 aromatic rings. The van der Waals surface area contributed by atoms with Crippen molar-refractivity contribution in [3.05, 3.63) is 77.4 Å². The predicted octanol–water partition coefficient (Wildman–Crippen LogP) is 4.99. The van der Waals surface area contributed by atoms with Crippen molar-refractivity contribution in [3.8, 4) is 17.3 Å². The number of nitrogens with one attached hydrogen (secondary N) is 2. The summed E-state index contributed by atoms with van der Waals surface area (Å²) in [4.78, 5) is 0.274. The van der Waals surface area contributed by atoms with Gasteiger partial charge in [0.15, 0.2) is 9.84 Å². The van der Waals surface area contributed by atoms with E-state index in [1.807, 2.05) is 30.3 Å². The number of hydrogen-bond acceptors (Lipinski definition) is 5. The molecule has 0 radical (unpaired) electrons. The molecule has 0 amide bonds. The molecule has 0 bridgehead atoms. The monoisotopic (exact) mass is 442 g/mol. The first-order valence-corrected chi connectivity index (χ1v) is 12.4. The zero-order valence-corrected chi connectivity index (χ0v) is 18.4. The first kappa shape index (κ1) is 20.3. The summed E-state index contributed by atoms with van der Waals surface area (Å²) in [6, 6.07) is 21.3. The molecule has 5 rings (SSSR count). The van der Waals surface area contributed by atoms with Gasteiger partial charge in [0.2, 0.25) is 0 Å². The number of aromatic nitrogens is 2. The molecule has 1 aromatic heterocycles. The van der Waals surface area contributed by atoms with Gasteiger partial charge < -0.3 is 5.32 Å². The summed E-state index contributed by atoms with van der Waals surface area (Å²) < 4.78 is 24.0. The van der Waals surface area contributed by atoms with Gasteiger partial charge in [0.05, 0.1) is 28.1 Å². The molecule has 6 nitrogen and oxygen atoms in total. The van der Waals surface area contributed by atoms with Gasteiger partial charge in [-0.2, -0.15) is 10.4 Å². The average Bonchev–Trinajstić information content (AvgIpc) is 3.22. The number of benzene rings is 3. The molecule has 0 spiro atoms. The first-order chi connectivity index (χ1) is 15.4. The molecule has 3 aromatic carbocycles. The fourth-order valence-electron chi connectivity index (χ4n) is 4.43. The van der Waals surface area contributed by atoms with Crippen LogP contribution in [0.15, 0.2) is 65.6 Å². The number of sulfone groups is 1.